The van der Waals surface area contributed by atoms with Crippen molar-refractivity contribution in [1.82, 2.24) is 0 Å². The molecule has 0 aromatic heterocycles. The predicted molar refractivity (Wildman–Crippen MR) is 117 cm³/mol. The molecule has 4 rings (SSSR count). The summed E-state index contributed by atoms with van der Waals surface area (Å²) in [6.45, 7) is 4.32. The molecular formula is C25H34O4S. The fraction of sp³-hybridized carbons (Fsp3) is 0.640. The van der Waals surface area contributed by atoms with Gasteiger partial charge in [0.2, 0.25) is 0 Å². The lowest BCUT2D eigenvalue weighted by molar-refractivity contribution is -0.125. The lowest BCUT2D eigenvalue weighted by Crippen LogP contribution is -2.22. The van der Waals surface area contributed by atoms with Gasteiger partial charge in [-0.15, -0.1) is 0 Å². The summed E-state index contributed by atoms with van der Waals surface area (Å²) < 4.78 is 29.9. The zero-order valence-electron chi connectivity index (χ0n) is 18.1. The Morgan fingerprint density at radius 2 is 1.73 bits per heavy atom. The van der Waals surface area contributed by atoms with Gasteiger partial charge in [-0.1, -0.05) is 56.0 Å². The largest absolute Gasteiger partial charge is 0.299 e. The third-order valence-corrected chi connectivity index (χ3v) is 8.90. The van der Waals surface area contributed by atoms with Crippen LogP contribution in [0.1, 0.15) is 57.4 Å². The Morgan fingerprint density at radius 3 is 2.47 bits per heavy atom. The number of hydrogen-bond donors (Lipinski definition) is 0. The van der Waals surface area contributed by atoms with Crippen molar-refractivity contribution in [2.24, 2.45) is 35.5 Å². The van der Waals surface area contributed by atoms with Gasteiger partial charge < -0.3 is 0 Å². The van der Waals surface area contributed by atoms with Crippen molar-refractivity contribution < 1.29 is 17.4 Å². The Hall–Kier alpha value is -1.46. The van der Waals surface area contributed by atoms with Crippen molar-refractivity contribution in [2.45, 2.75) is 63.7 Å². The molecule has 0 heterocycles. The number of ketones is 1. The highest BCUT2D eigenvalue weighted by Crippen LogP contribution is 2.59. The molecule has 5 heteroatoms. The van der Waals surface area contributed by atoms with Crippen LogP contribution in [0.2, 0.25) is 0 Å². The lowest BCUT2D eigenvalue weighted by Gasteiger charge is -2.27. The molecule has 3 aliphatic rings. The minimum Gasteiger partial charge on any atom is -0.299 e. The molecule has 2 fully saturated rings. The molecule has 0 aliphatic heterocycles. The van der Waals surface area contributed by atoms with E-state index < -0.39 is 10.1 Å². The van der Waals surface area contributed by atoms with Gasteiger partial charge in [-0.3, -0.25) is 8.98 Å². The summed E-state index contributed by atoms with van der Waals surface area (Å²) in [6, 6.07) is 6.72. The molecule has 6 atom stereocenters. The van der Waals surface area contributed by atoms with Crippen LogP contribution in [0.3, 0.4) is 0 Å². The monoisotopic (exact) mass is 430 g/mol. The summed E-state index contributed by atoms with van der Waals surface area (Å²) >= 11 is 0. The Bertz CT molecular complexity index is 886. The molecule has 2 saturated carbocycles. The van der Waals surface area contributed by atoms with E-state index in [9.17, 15) is 13.2 Å². The number of hydrogen-bond acceptors (Lipinski definition) is 4. The predicted octanol–water partition coefficient (Wildman–Crippen LogP) is 5.31. The Labute approximate surface area is 181 Å². The number of unbranched alkanes of at least 4 members (excludes halogenated alkanes) is 2. The summed E-state index contributed by atoms with van der Waals surface area (Å²) in [5.74, 6) is 3.06. The van der Waals surface area contributed by atoms with E-state index in [0.717, 1.165) is 24.8 Å². The van der Waals surface area contributed by atoms with E-state index in [1.165, 1.54) is 19.3 Å². The van der Waals surface area contributed by atoms with Crippen LogP contribution in [0, 0.1) is 42.4 Å². The van der Waals surface area contributed by atoms with Crippen LogP contribution in [0.25, 0.3) is 0 Å². The number of benzene rings is 1. The first kappa shape index (κ1) is 21.8. The molecule has 0 radical (unpaired) electrons. The number of Topliss-reactive ketones (excluding diaryl/α,β-unsaturated/α-hetero) is 1. The summed E-state index contributed by atoms with van der Waals surface area (Å²) in [4.78, 5) is 13.4. The van der Waals surface area contributed by atoms with Crippen LogP contribution in [-0.4, -0.2) is 20.8 Å². The Morgan fingerprint density at radius 1 is 1.00 bits per heavy atom. The number of rotatable bonds is 10. The fourth-order valence-electron chi connectivity index (χ4n) is 6.17. The van der Waals surface area contributed by atoms with Crippen LogP contribution in [0.15, 0.2) is 41.3 Å². The summed E-state index contributed by atoms with van der Waals surface area (Å²) in [5, 5.41) is 0. The van der Waals surface area contributed by atoms with E-state index in [1.807, 2.05) is 6.92 Å². The third kappa shape index (κ3) is 4.16. The average molecular weight is 431 g/mol. The quantitative estimate of drug-likeness (QED) is 0.287. The van der Waals surface area contributed by atoms with Crippen LogP contribution in [0.4, 0.5) is 0 Å². The van der Waals surface area contributed by atoms with Gasteiger partial charge in [-0.2, -0.15) is 8.42 Å². The van der Waals surface area contributed by atoms with Gasteiger partial charge in [0, 0.05) is 11.8 Å². The molecule has 4 nitrogen and oxygen atoms in total. The smallest absolute Gasteiger partial charge is 0.296 e. The fourth-order valence-corrected chi connectivity index (χ4v) is 7.11. The number of aryl methyl sites for hydroxylation is 1. The van der Waals surface area contributed by atoms with E-state index in [2.05, 4.69) is 19.1 Å². The van der Waals surface area contributed by atoms with Crippen molar-refractivity contribution in [2.75, 3.05) is 6.61 Å². The van der Waals surface area contributed by atoms with Crippen LogP contribution in [-0.2, 0) is 19.1 Å². The van der Waals surface area contributed by atoms with Gasteiger partial charge in [-0.25, -0.2) is 0 Å². The first-order valence-corrected chi connectivity index (χ1v) is 13.0. The highest BCUT2D eigenvalue weighted by molar-refractivity contribution is 7.86. The molecule has 0 spiro atoms. The van der Waals surface area contributed by atoms with Crippen molar-refractivity contribution >= 4 is 15.9 Å². The highest BCUT2D eigenvalue weighted by atomic mass is 32.2. The average Bonchev–Trinajstić information content (AvgIpc) is 3.40. The molecular weight excluding hydrogens is 396 g/mol. The van der Waals surface area contributed by atoms with E-state index in [4.69, 9.17) is 4.18 Å². The van der Waals surface area contributed by atoms with Crippen molar-refractivity contribution in [1.29, 1.82) is 0 Å². The second kappa shape index (κ2) is 8.96. The van der Waals surface area contributed by atoms with Crippen molar-refractivity contribution in [3.8, 4) is 0 Å². The summed E-state index contributed by atoms with van der Waals surface area (Å²) in [5.41, 5.74) is 1.02. The SMILES string of the molecule is CCCC[C@@H]1C2C(C(=O)[C@H]1CCCCOS(=O)(=O)c1ccc(C)cc1)[C@H]1C=C[C@@H]2C1. The normalized spacial score (nSPS) is 32.1. The van der Waals surface area contributed by atoms with Crippen LogP contribution < -0.4 is 0 Å². The van der Waals surface area contributed by atoms with E-state index in [0.29, 0.717) is 35.9 Å². The van der Waals surface area contributed by atoms with Gasteiger partial charge in [0.1, 0.15) is 5.78 Å². The minimum atomic E-state index is -3.70. The second-order valence-corrected chi connectivity index (χ2v) is 11.1. The van der Waals surface area contributed by atoms with Crippen LogP contribution >= 0.6 is 0 Å². The number of carbonyl (C=O) groups is 1. The molecule has 164 valence electrons. The molecule has 1 aromatic rings. The molecule has 0 N–H and O–H groups in total. The van der Waals surface area contributed by atoms with Gasteiger partial charge in [0.15, 0.2) is 0 Å². The molecule has 0 amide bonds. The van der Waals surface area contributed by atoms with E-state index >= 15 is 0 Å². The second-order valence-electron chi connectivity index (χ2n) is 9.45. The van der Waals surface area contributed by atoms with Crippen molar-refractivity contribution in [3.63, 3.8) is 0 Å². The Kier molecular flexibility index (Phi) is 6.50. The first-order chi connectivity index (χ1) is 14.4. The van der Waals surface area contributed by atoms with E-state index in [-0.39, 0.29) is 23.3 Å². The first-order valence-electron chi connectivity index (χ1n) is 11.6. The van der Waals surface area contributed by atoms with Gasteiger partial charge in [0.25, 0.3) is 10.1 Å². The minimum absolute atomic E-state index is 0.158. The molecule has 2 unspecified atom stereocenters. The summed E-state index contributed by atoms with van der Waals surface area (Å²) in [7, 11) is -3.70. The van der Waals surface area contributed by atoms with Gasteiger partial charge in [-0.05, 0) is 68.4 Å². The van der Waals surface area contributed by atoms with E-state index in [1.54, 1.807) is 24.3 Å². The maximum Gasteiger partial charge on any atom is 0.296 e. The maximum atomic E-state index is 13.2. The standard InChI is InChI=1S/C25H34O4S/c1-3-4-7-21-22(25(26)24-19-12-11-18(16-19)23(21)24)8-5-6-15-29-30(27,28)20-13-9-17(2)10-14-20/h9-14,18-19,21-24H,3-8,15-16H2,1-2H3/t18-,19+,21+,22+,23?,24?/m1/s1. The molecule has 2 bridgehead atoms. The molecule has 0 saturated heterocycles. The maximum absolute atomic E-state index is 13.2. The zero-order valence-corrected chi connectivity index (χ0v) is 18.9. The zero-order chi connectivity index (χ0) is 21.3. The number of carbonyl (C=O) groups excluding carboxylic acids is 1. The number of allylic oxidation sites excluding steroid dienone is 2. The van der Waals surface area contributed by atoms with Gasteiger partial charge >= 0.3 is 0 Å². The van der Waals surface area contributed by atoms with Crippen LogP contribution in [0.5, 0.6) is 0 Å². The Balaban J connectivity index is 1.30. The topological polar surface area (TPSA) is 60.4 Å². The molecule has 1 aromatic carbocycles. The highest BCUT2D eigenvalue weighted by Gasteiger charge is 2.58. The molecule has 30 heavy (non-hydrogen) atoms. The van der Waals surface area contributed by atoms with Crippen molar-refractivity contribution in [3.05, 3.63) is 42.0 Å². The number of fused-ring (bicyclic) bond motifs is 5. The third-order valence-electron chi connectivity index (χ3n) is 7.57. The molecule has 3 aliphatic carbocycles. The van der Waals surface area contributed by atoms with Gasteiger partial charge in [0.05, 0.1) is 11.5 Å². The summed E-state index contributed by atoms with van der Waals surface area (Å²) in [6.07, 6.45) is 11.7. The lowest BCUT2D eigenvalue weighted by atomic mass is 9.77.